The fourth-order valence-corrected chi connectivity index (χ4v) is 3.11. The standard InChI is InChI=1S/C19H14ClF6N7O2/c1-9(18(21,22)23)35-14-6-4-11(19(24,25)26)15-29-17(31-33(14)15)28-10-3-5-12(13(7-10)34-2)32-8-27-16(20)30-32/h3-9H,1-2H3,(H,28,31)/t9-/m0/s1. The van der Waals surface area contributed by atoms with Crippen molar-refractivity contribution in [2.75, 3.05) is 12.4 Å². The van der Waals surface area contributed by atoms with Crippen molar-refractivity contribution in [1.82, 2.24) is 29.4 Å². The number of benzene rings is 1. The molecule has 0 radical (unpaired) electrons. The third-order valence-corrected chi connectivity index (χ3v) is 4.83. The van der Waals surface area contributed by atoms with E-state index in [0.29, 0.717) is 27.7 Å². The number of aromatic nitrogens is 6. The zero-order valence-electron chi connectivity index (χ0n) is 17.7. The molecule has 4 aromatic rings. The summed E-state index contributed by atoms with van der Waals surface area (Å²) < 4.78 is 91.3. The van der Waals surface area contributed by atoms with Gasteiger partial charge < -0.3 is 14.8 Å². The number of fused-ring (bicyclic) bond motifs is 1. The van der Waals surface area contributed by atoms with Crippen LogP contribution in [-0.4, -0.2) is 48.8 Å². The van der Waals surface area contributed by atoms with Crippen LogP contribution >= 0.6 is 11.6 Å². The van der Waals surface area contributed by atoms with Gasteiger partial charge in [-0.15, -0.1) is 10.2 Å². The van der Waals surface area contributed by atoms with E-state index in [9.17, 15) is 26.3 Å². The Morgan fingerprint density at radius 2 is 1.80 bits per heavy atom. The van der Waals surface area contributed by atoms with Crippen LogP contribution in [0.5, 0.6) is 11.6 Å². The number of alkyl halides is 6. The van der Waals surface area contributed by atoms with Crippen LogP contribution in [-0.2, 0) is 6.18 Å². The van der Waals surface area contributed by atoms with Crippen molar-refractivity contribution >= 4 is 28.9 Å². The third kappa shape index (κ3) is 5.03. The van der Waals surface area contributed by atoms with Crippen molar-refractivity contribution in [3.05, 3.63) is 47.5 Å². The molecular weight excluding hydrogens is 508 g/mol. The highest BCUT2D eigenvalue weighted by molar-refractivity contribution is 6.28. The minimum atomic E-state index is -4.84. The molecule has 1 aromatic carbocycles. The fourth-order valence-electron chi connectivity index (χ4n) is 2.98. The Balaban J connectivity index is 1.72. The Morgan fingerprint density at radius 3 is 2.40 bits per heavy atom. The molecule has 3 aromatic heterocycles. The first kappa shape index (κ1) is 24.4. The van der Waals surface area contributed by atoms with E-state index in [4.69, 9.17) is 21.1 Å². The summed E-state index contributed by atoms with van der Waals surface area (Å²) in [6, 6.07) is 5.88. The van der Waals surface area contributed by atoms with E-state index in [1.165, 1.54) is 30.3 Å². The van der Waals surface area contributed by atoms with Crippen molar-refractivity contribution < 1.29 is 35.8 Å². The average Bonchev–Trinajstić information content (AvgIpc) is 3.38. The minimum Gasteiger partial charge on any atom is -0.494 e. The van der Waals surface area contributed by atoms with E-state index in [0.717, 1.165) is 13.0 Å². The summed E-state index contributed by atoms with van der Waals surface area (Å²) in [4.78, 5) is 7.62. The molecule has 186 valence electrons. The Bertz CT molecular complexity index is 1370. The highest BCUT2D eigenvalue weighted by Crippen LogP contribution is 2.35. The first-order valence-electron chi connectivity index (χ1n) is 9.60. The summed E-state index contributed by atoms with van der Waals surface area (Å²) in [7, 11) is 1.38. The van der Waals surface area contributed by atoms with Crippen LogP contribution < -0.4 is 14.8 Å². The molecule has 0 amide bonds. The molecule has 0 bridgehead atoms. The first-order valence-corrected chi connectivity index (χ1v) is 9.97. The van der Waals surface area contributed by atoms with Gasteiger partial charge in [-0.2, -0.15) is 35.8 Å². The van der Waals surface area contributed by atoms with Crippen LogP contribution in [0.1, 0.15) is 12.5 Å². The molecule has 0 fully saturated rings. The first-order chi connectivity index (χ1) is 16.4. The lowest BCUT2D eigenvalue weighted by Crippen LogP contribution is -2.31. The highest BCUT2D eigenvalue weighted by Gasteiger charge is 2.40. The maximum absolute atomic E-state index is 13.5. The SMILES string of the molecule is COc1cc(Nc2nc3c(C(F)(F)F)ccc(O[C@@H](C)C(F)(F)F)n3n2)ccc1-n1cnc(Cl)n1. The van der Waals surface area contributed by atoms with Crippen molar-refractivity contribution in [3.63, 3.8) is 0 Å². The minimum absolute atomic E-state index is 0.00138. The average molecular weight is 522 g/mol. The second kappa shape index (κ2) is 8.79. The molecule has 0 saturated heterocycles. The van der Waals surface area contributed by atoms with Crippen LogP contribution in [0.2, 0.25) is 5.28 Å². The second-order valence-corrected chi connectivity index (χ2v) is 7.36. The van der Waals surface area contributed by atoms with Crippen molar-refractivity contribution in [2.24, 2.45) is 0 Å². The summed E-state index contributed by atoms with van der Waals surface area (Å²) >= 11 is 5.73. The maximum Gasteiger partial charge on any atom is 0.425 e. The molecule has 1 atom stereocenters. The summed E-state index contributed by atoms with van der Waals surface area (Å²) in [6.45, 7) is 0.718. The van der Waals surface area contributed by atoms with Gasteiger partial charge in [0.2, 0.25) is 17.1 Å². The number of nitrogens with zero attached hydrogens (tertiary/aromatic N) is 6. The van der Waals surface area contributed by atoms with Gasteiger partial charge >= 0.3 is 12.4 Å². The topological polar surface area (TPSA) is 91.4 Å². The molecule has 35 heavy (non-hydrogen) atoms. The lowest BCUT2D eigenvalue weighted by Gasteiger charge is -2.18. The van der Waals surface area contributed by atoms with E-state index in [2.05, 4.69) is 25.5 Å². The Kier molecular flexibility index (Phi) is 6.12. The smallest absolute Gasteiger partial charge is 0.425 e. The number of nitrogens with one attached hydrogen (secondary N) is 1. The van der Waals surface area contributed by atoms with E-state index in [-0.39, 0.29) is 11.2 Å². The van der Waals surface area contributed by atoms with Gasteiger partial charge in [0.25, 0.3) is 0 Å². The van der Waals surface area contributed by atoms with Gasteiger partial charge in [-0.25, -0.2) is 9.67 Å². The van der Waals surface area contributed by atoms with Crippen LogP contribution in [0.3, 0.4) is 0 Å². The Hall–Kier alpha value is -3.75. The zero-order chi connectivity index (χ0) is 25.5. The zero-order valence-corrected chi connectivity index (χ0v) is 18.4. The molecule has 0 aliphatic rings. The number of ether oxygens (including phenoxy) is 2. The van der Waals surface area contributed by atoms with Crippen molar-refractivity contribution in [3.8, 4) is 17.3 Å². The lowest BCUT2D eigenvalue weighted by molar-refractivity contribution is -0.190. The van der Waals surface area contributed by atoms with E-state index in [1.54, 1.807) is 6.07 Å². The number of rotatable bonds is 6. The maximum atomic E-state index is 13.5. The summed E-state index contributed by atoms with van der Waals surface area (Å²) in [5.74, 6) is -0.612. The lowest BCUT2D eigenvalue weighted by atomic mass is 10.2. The molecule has 0 aliphatic heterocycles. The molecule has 0 aliphatic carbocycles. The molecule has 9 nitrogen and oxygen atoms in total. The van der Waals surface area contributed by atoms with Gasteiger partial charge in [-0.3, -0.25) is 0 Å². The van der Waals surface area contributed by atoms with Gasteiger partial charge in [0.1, 0.15) is 23.3 Å². The second-order valence-electron chi connectivity index (χ2n) is 7.03. The highest BCUT2D eigenvalue weighted by atomic mass is 35.5. The quantitative estimate of drug-likeness (QED) is 0.354. The molecular formula is C19H14ClF6N7O2. The normalized spacial score (nSPS) is 13.2. The van der Waals surface area contributed by atoms with Gasteiger partial charge in [0.05, 0.1) is 7.11 Å². The van der Waals surface area contributed by atoms with Gasteiger partial charge in [0.15, 0.2) is 11.8 Å². The molecule has 0 saturated carbocycles. The van der Waals surface area contributed by atoms with Crippen LogP contribution in [0, 0.1) is 0 Å². The molecule has 0 unspecified atom stereocenters. The van der Waals surface area contributed by atoms with Crippen LogP contribution in [0.15, 0.2) is 36.7 Å². The van der Waals surface area contributed by atoms with Gasteiger partial charge in [-0.1, -0.05) is 0 Å². The number of hydrogen-bond acceptors (Lipinski definition) is 7. The summed E-state index contributed by atoms with van der Waals surface area (Å²) in [5, 5.41) is 10.5. The molecule has 3 heterocycles. The van der Waals surface area contributed by atoms with Gasteiger partial charge in [-0.05, 0) is 36.7 Å². The molecule has 1 N–H and O–H groups in total. The van der Waals surface area contributed by atoms with Crippen LogP contribution in [0.25, 0.3) is 11.3 Å². The number of pyridine rings is 1. The third-order valence-electron chi connectivity index (χ3n) is 4.66. The predicted molar refractivity (Wildman–Crippen MR) is 110 cm³/mol. The van der Waals surface area contributed by atoms with Crippen molar-refractivity contribution in [1.29, 1.82) is 0 Å². The summed E-state index contributed by atoms with van der Waals surface area (Å²) in [5.41, 5.74) is -1.20. The Morgan fingerprint density at radius 1 is 1.06 bits per heavy atom. The predicted octanol–water partition coefficient (Wildman–Crippen LogP) is 5.06. The monoisotopic (exact) mass is 521 g/mol. The number of anilines is 2. The van der Waals surface area contributed by atoms with E-state index in [1.807, 2.05) is 0 Å². The van der Waals surface area contributed by atoms with Gasteiger partial charge in [0, 0.05) is 17.8 Å². The molecule has 16 heteroatoms. The molecule has 4 rings (SSSR count). The fraction of sp³-hybridized carbons (Fsp3) is 0.263. The van der Waals surface area contributed by atoms with E-state index >= 15 is 0 Å². The largest absolute Gasteiger partial charge is 0.494 e. The van der Waals surface area contributed by atoms with Crippen LogP contribution in [0.4, 0.5) is 38.0 Å². The van der Waals surface area contributed by atoms with E-state index < -0.39 is 35.5 Å². The van der Waals surface area contributed by atoms with Crippen molar-refractivity contribution in [2.45, 2.75) is 25.4 Å². The number of halogens is 7. The number of hydrogen-bond donors (Lipinski definition) is 1. The summed E-state index contributed by atoms with van der Waals surface area (Å²) in [6.07, 6.45) is -10.5. The Labute approximate surface area is 197 Å². The molecule has 0 spiro atoms. The number of methoxy groups -OCH3 is 1.